The largest absolute Gasteiger partial charge is 0.463 e. The summed E-state index contributed by atoms with van der Waals surface area (Å²) < 4.78 is 12.3. The molecule has 0 radical (unpaired) electrons. The number of likely N-dealkylation sites (N-methyl/N-ethyl adjacent to an activating group) is 1. The van der Waals surface area contributed by atoms with Gasteiger partial charge in [-0.1, -0.05) is 31.4 Å². The number of carbonyl (C=O) groups is 3. The van der Waals surface area contributed by atoms with Crippen LogP contribution >= 0.6 is 0 Å². The van der Waals surface area contributed by atoms with E-state index in [2.05, 4.69) is 54.3 Å². The summed E-state index contributed by atoms with van der Waals surface area (Å²) in [6.45, 7) is 9.19. The van der Waals surface area contributed by atoms with Crippen molar-refractivity contribution in [3.63, 3.8) is 0 Å². The first-order chi connectivity index (χ1) is 22.2. The van der Waals surface area contributed by atoms with Gasteiger partial charge in [0.1, 0.15) is 25.5 Å². The summed E-state index contributed by atoms with van der Waals surface area (Å²) in [6.07, 6.45) is 14.0. The number of hydrogen-bond donors (Lipinski definition) is 5. The monoisotopic (exact) mass is 645 g/mol. The van der Waals surface area contributed by atoms with Gasteiger partial charge in [-0.3, -0.25) is 9.59 Å². The Morgan fingerprint density at radius 3 is 2.59 bits per heavy atom. The maximum Gasteiger partial charge on any atom is 0.350 e. The van der Waals surface area contributed by atoms with E-state index in [4.69, 9.17) is 9.47 Å². The maximum absolute atomic E-state index is 14.3. The summed E-state index contributed by atoms with van der Waals surface area (Å²) in [4.78, 5) is 42.6. The zero-order chi connectivity index (χ0) is 32.9. The van der Waals surface area contributed by atoms with Crippen LogP contribution in [-0.4, -0.2) is 86.1 Å². The minimum absolute atomic E-state index is 0.0729. The van der Waals surface area contributed by atoms with Crippen molar-refractivity contribution in [1.82, 2.24) is 5.32 Å². The number of epoxide rings is 1. The molecule has 5 aliphatic rings. The Hall–Kier alpha value is -1.95. The van der Waals surface area contributed by atoms with Gasteiger partial charge in [0.25, 0.3) is 5.60 Å². The fourth-order valence-corrected chi connectivity index (χ4v) is 9.00. The Morgan fingerprint density at radius 1 is 1.13 bits per heavy atom. The van der Waals surface area contributed by atoms with E-state index >= 15 is 0 Å². The highest BCUT2D eigenvalue weighted by molar-refractivity contribution is 6.23. The summed E-state index contributed by atoms with van der Waals surface area (Å²) in [5.74, 6) is -0.896. The van der Waals surface area contributed by atoms with Crippen molar-refractivity contribution in [1.29, 1.82) is 0 Å². The highest BCUT2D eigenvalue weighted by Crippen LogP contribution is 2.62. The third-order valence-corrected chi connectivity index (χ3v) is 11.9. The van der Waals surface area contributed by atoms with E-state index < -0.39 is 29.0 Å². The summed E-state index contributed by atoms with van der Waals surface area (Å²) in [5.41, 5.74) is -1.73. The van der Waals surface area contributed by atoms with Gasteiger partial charge in [0, 0.05) is 30.6 Å². The van der Waals surface area contributed by atoms with Crippen LogP contribution < -0.4 is 21.3 Å². The number of Topliss-reactive ketones (excluding diaryl/α,β-unsaturated/α-hetero) is 2. The van der Waals surface area contributed by atoms with Crippen LogP contribution in [0, 0.1) is 29.6 Å². The molecule has 5 rings (SSSR count). The number of ether oxygens (including phenoxy) is 2. The van der Waals surface area contributed by atoms with Crippen LogP contribution in [0.5, 0.6) is 0 Å². The van der Waals surface area contributed by atoms with Gasteiger partial charge >= 0.3 is 5.97 Å². The summed E-state index contributed by atoms with van der Waals surface area (Å²) >= 11 is 0. The first kappa shape index (κ1) is 35.4. The van der Waals surface area contributed by atoms with E-state index in [0.29, 0.717) is 36.4 Å². The maximum atomic E-state index is 14.3. The highest BCUT2D eigenvalue weighted by atomic mass is 16.7. The van der Waals surface area contributed by atoms with Crippen LogP contribution in [0.4, 0.5) is 0 Å². The molecule has 4 fully saturated rings. The number of esters is 1. The molecule has 8 N–H and O–H groups in total. The minimum atomic E-state index is -1.89. The Balaban J connectivity index is 1.33. The van der Waals surface area contributed by atoms with Gasteiger partial charge in [-0.2, -0.15) is 0 Å². The molecule has 2 saturated carbocycles. The lowest BCUT2D eigenvalue weighted by Gasteiger charge is -2.37. The van der Waals surface area contributed by atoms with E-state index in [1.54, 1.807) is 0 Å². The number of allylic oxidation sites excluding steroid dienone is 2. The molecule has 258 valence electrons. The number of hydrogen-bond acceptors (Lipinski definition) is 7. The number of rotatable bonds is 15. The van der Waals surface area contributed by atoms with Crippen molar-refractivity contribution in [2.24, 2.45) is 29.6 Å². The second kappa shape index (κ2) is 15.5. The third-order valence-electron chi connectivity index (χ3n) is 11.9. The molecule has 2 aliphatic heterocycles. The molecule has 0 spiro atoms. The molecule has 0 aromatic carbocycles. The van der Waals surface area contributed by atoms with Crippen LogP contribution in [-0.2, 0) is 23.9 Å². The molecule has 10 heteroatoms. The topological polar surface area (TPSA) is 155 Å². The molecular formula is C36H61N4O6+3. The fourth-order valence-electron chi connectivity index (χ4n) is 9.00. The molecule has 2 saturated heterocycles. The number of fused-ring (bicyclic) bond motifs is 2. The third kappa shape index (κ3) is 6.94. The second-order valence-electron chi connectivity index (χ2n) is 14.8. The zero-order valence-corrected chi connectivity index (χ0v) is 28.7. The lowest BCUT2D eigenvalue weighted by molar-refractivity contribution is -0.716. The summed E-state index contributed by atoms with van der Waals surface area (Å²) in [7, 11) is 2.06. The lowest BCUT2D eigenvalue weighted by Crippen LogP contribution is -2.97. The smallest absolute Gasteiger partial charge is 0.350 e. The molecule has 4 unspecified atom stereocenters. The molecule has 0 bridgehead atoms. The summed E-state index contributed by atoms with van der Waals surface area (Å²) in [5, 5.41) is 20.9. The number of quaternary nitrogens is 3. The average molecular weight is 646 g/mol. The van der Waals surface area contributed by atoms with Gasteiger partial charge in [-0.05, 0) is 82.3 Å². The first-order valence-electron chi connectivity index (χ1n) is 18.3. The average Bonchev–Trinajstić information content (AvgIpc) is 3.79. The Morgan fingerprint density at radius 2 is 1.89 bits per heavy atom. The van der Waals surface area contributed by atoms with E-state index in [-0.39, 0.29) is 43.2 Å². The zero-order valence-electron chi connectivity index (χ0n) is 28.7. The number of aliphatic hydroxyl groups is 1. The lowest BCUT2D eigenvalue weighted by atomic mass is 9.60. The Kier molecular flexibility index (Phi) is 11.9. The van der Waals surface area contributed by atoms with E-state index in [0.717, 1.165) is 76.7 Å². The molecule has 3 aliphatic carbocycles. The van der Waals surface area contributed by atoms with Crippen LogP contribution in [0.15, 0.2) is 23.3 Å². The van der Waals surface area contributed by atoms with Crippen molar-refractivity contribution >= 4 is 17.5 Å². The summed E-state index contributed by atoms with van der Waals surface area (Å²) in [6, 6.07) is 0.207. The van der Waals surface area contributed by atoms with Crippen LogP contribution in [0.2, 0.25) is 0 Å². The molecule has 0 aromatic rings. The predicted octanol–water partition coefficient (Wildman–Crippen LogP) is 0.0687. The molecule has 2 heterocycles. The van der Waals surface area contributed by atoms with Crippen molar-refractivity contribution in [2.75, 3.05) is 40.0 Å². The number of carbonyl (C=O) groups excluding carboxylic acids is 3. The van der Waals surface area contributed by atoms with Gasteiger partial charge in [-0.15, -0.1) is 0 Å². The molecule has 46 heavy (non-hydrogen) atoms. The van der Waals surface area contributed by atoms with E-state index in [1.807, 2.05) is 6.92 Å². The first-order valence-corrected chi connectivity index (χ1v) is 18.3. The molecule has 0 amide bonds. The standard InChI is InChI=1S/C36H58N4O6/c1-5-24-13-14-30(38-6-2)26(17-24)21-45-34(44)36-33(43)29-10-8-7-9-28(29)32(42)35(36,46-36)19-27(20-41)23(3)11-12-25-15-16-39-31(18-25)40-22-37-4/h13-14,24-26,28-31,37-41H,5-12,15-22H2,1-4H3/p+3/t24-,25?,26-,28?,29?,30+,31?,35-,36-/m0/s1. The number of aliphatic hydroxyl groups excluding tert-OH is 1. The number of nitrogens with one attached hydrogen (secondary N) is 1. The van der Waals surface area contributed by atoms with Crippen molar-refractivity contribution in [3.05, 3.63) is 23.3 Å². The molecule has 9 atom stereocenters. The quantitative estimate of drug-likeness (QED) is 0.0555. The number of ketones is 2. The predicted molar refractivity (Wildman–Crippen MR) is 173 cm³/mol. The number of piperidine rings is 1. The molecule has 0 aromatic heterocycles. The van der Waals surface area contributed by atoms with Crippen molar-refractivity contribution < 1.29 is 44.9 Å². The Bertz CT molecular complexity index is 1170. The van der Waals surface area contributed by atoms with E-state index in [9.17, 15) is 19.5 Å². The highest BCUT2D eigenvalue weighted by Gasteiger charge is 2.87. The number of nitrogens with two attached hydrogens (primary N) is 3. The van der Waals surface area contributed by atoms with Gasteiger partial charge in [-0.25, -0.2) is 10.1 Å². The SMILES string of the molecule is CC[NH2+][C@@H]1C=C[C@H](CC)C[C@H]1COC(=O)[C@]12O[C@@]1(CC(CO)=C(C)CCC1CC[NH2+]C(NC[NH2+]C)C1)C(=O)C1CCCCC1C2=O. The van der Waals surface area contributed by atoms with Crippen LogP contribution in [0.3, 0.4) is 0 Å². The van der Waals surface area contributed by atoms with Crippen molar-refractivity contribution in [3.8, 4) is 0 Å². The van der Waals surface area contributed by atoms with Crippen LogP contribution in [0.1, 0.15) is 91.4 Å². The Labute approximate surface area is 275 Å². The molecule has 10 nitrogen and oxygen atoms in total. The van der Waals surface area contributed by atoms with Crippen molar-refractivity contribution in [2.45, 2.75) is 115 Å². The molecular weight excluding hydrogens is 584 g/mol. The van der Waals surface area contributed by atoms with Gasteiger partial charge in [0.15, 0.2) is 17.2 Å². The van der Waals surface area contributed by atoms with Gasteiger partial charge in [0.2, 0.25) is 0 Å². The van der Waals surface area contributed by atoms with Crippen LogP contribution in [0.25, 0.3) is 0 Å². The van der Waals surface area contributed by atoms with Gasteiger partial charge in [0.05, 0.1) is 26.7 Å². The normalized spacial score (nSPS) is 37.7. The van der Waals surface area contributed by atoms with E-state index in [1.165, 1.54) is 0 Å². The minimum Gasteiger partial charge on any atom is -0.463 e. The second-order valence-corrected chi connectivity index (χ2v) is 14.8. The fraction of sp³-hybridized carbons (Fsp3) is 0.806. The van der Waals surface area contributed by atoms with Gasteiger partial charge < -0.3 is 30.5 Å².